The van der Waals surface area contributed by atoms with Crippen LogP contribution in [-0.4, -0.2) is 24.4 Å². The van der Waals surface area contributed by atoms with Gasteiger partial charge in [-0.25, -0.2) is 0 Å². The van der Waals surface area contributed by atoms with Crippen molar-refractivity contribution in [3.63, 3.8) is 0 Å². The van der Waals surface area contributed by atoms with Crippen LogP contribution >= 0.6 is 0 Å². The molecular weight excluding hydrogens is 393 g/mol. The quantitative estimate of drug-likeness (QED) is 0.415. The molecule has 0 heterocycles. The van der Waals surface area contributed by atoms with Gasteiger partial charge in [0.2, 0.25) is 0 Å². The van der Waals surface area contributed by atoms with Crippen molar-refractivity contribution >= 4 is 24.4 Å². The van der Waals surface area contributed by atoms with Gasteiger partial charge in [-0.3, -0.25) is 0 Å². The Morgan fingerprint density at radius 3 is 0.857 bits per heavy atom. The molecule has 0 saturated carbocycles. The Labute approximate surface area is 120 Å². The second kappa shape index (κ2) is 13.0. The topological polar surface area (TPSA) is 0 Å². The maximum atomic E-state index is 2.89. The predicted molar refractivity (Wildman–Crippen MR) is 56.3 cm³/mol. The van der Waals surface area contributed by atoms with E-state index in [1.54, 1.807) is 0 Å². The summed E-state index contributed by atoms with van der Waals surface area (Å²) in [6, 6.07) is 25.0. The van der Waals surface area contributed by atoms with E-state index in [0.29, 0.717) is 0 Å². The van der Waals surface area contributed by atoms with E-state index in [1.807, 2.05) is 60.7 Å². The standard InChI is InChI=1S/2C6H5.HI.Sb/c2*1-2-4-6-5-3-1;;/h2*1-5H;1H;/p-1. The number of benzene rings is 2. The zero-order valence-corrected chi connectivity index (χ0v) is 12.3. The molecule has 0 fully saturated rings. The van der Waals surface area contributed by atoms with Crippen LogP contribution in [0.4, 0.5) is 0 Å². The summed E-state index contributed by atoms with van der Waals surface area (Å²) in [4.78, 5) is 0. The molecule has 0 aliphatic carbocycles. The third kappa shape index (κ3) is 10.1. The van der Waals surface area contributed by atoms with Crippen LogP contribution in [0.2, 0.25) is 0 Å². The van der Waals surface area contributed by atoms with E-state index in [9.17, 15) is 0 Å². The molecule has 0 aliphatic rings. The van der Waals surface area contributed by atoms with Gasteiger partial charge in [-0.15, -0.1) is 0 Å². The van der Waals surface area contributed by atoms with Crippen LogP contribution in [0.25, 0.3) is 0 Å². The predicted octanol–water partition coefficient (Wildman–Crippen LogP) is -0.403. The van der Waals surface area contributed by atoms with Gasteiger partial charge in [-0.1, -0.05) is 60.7 Å². The first-order valence-electron chi connectivity index (χ1n) is 3.82. The second-order valence-electron chi connectivity index (χ2n) is 2.15. The van der Waals surface area contributed by atoms with Crippen molar-refractivity contribution in [2.45, 2.75) is 0 Å². The maximum Gasteiger partial charge on any atom is 0 e. The van der Waals surface area contributed by atoms with Crippen molar-refractivity contribution in [3.8, 4) is 0 Å². The van der Waals surface area contributed by atoms with Crippen molar-refractivity contribution in [2.75, 3.05) is 0 Å². The molecule has 0 aliphatic heterocycles. The molecular formula is C12H10ISb-. The van der Waals surface area contributed by atoms with Crippen LogP contribution in [0.15, 0.2) is 60.7 Å². The summed E-state index contributed by atoms with van der Waals surface area (Å²) in [7, 11) is 0. The molecule has 0 bridgehead atoms. The SMILES string of the molecule is [I-].[Sb].[c]1ccccc1.[c]1ccccc1. The first-order chi connectivity index (χ1) is 6.00. The largest absolute Gasteiger partial charge is 1.00 e. The van der Waals surface area contributed by atoms with Crippen molar-refractivity contribution in [1.82, 2.24) is 0 Å². The summed E-state index contributed by atoms with van der Waals surface area (Å²) in [5.41, 5.74) is 0. The second-order valence-corrected chi connectivity index (χ2v) is 2.15. The number of rotatable bonds is 0. The van der Waals surface area contributed by atoms with Gasteiger partial charge in [0.25, 0.3) is 0 Å². The molecule has 0 saturated heterocycles. The summed E-state index contributed by atoms with van der Waals surface area (Å²) in [6.45, 7) is 0. The molecule has 0 nitrogen and oxygen atoms in total. The summed E-state index contributed by atoms with van der Waals surface area (Å²) >= 11 is 0. The van der Waals surface area contributed by atoms with Gasteiger partial charge in [0.1, 0.15) is 0 Å². The van der Waals surface area contributed by atoms with Gasteiger partial charge in [-0.2, -0.15) is 0 Å². The average molecular weight is 403 g/mol. The minimum atomic E-state index is 0. The van der Waals surface area contributed by atoms with Gasteiger partial charge in [0.05, 0.1) is 0 Å². The van der Waals surface area contributed by atoms with Crippen LogP contribution in [0.3, 0.4) is 0 Å². The van der Waals surface area contributed by atoms with E-state index in [-0.39, 0.29) is 48.4 Å². The Morgan fingerprint density at radius 2 is 0.786 bits per heavy atom. The fourth-order valence-corrected chi connectivity index (χ4v) is 0.684. The minimum absolute atomic E-state index is 0. The first kappa shape index (κ1) is 16.4. The Balaban J connectivity index is 0. The van der Waals surface area contributed by atoms with Gasteiger partial charge < -0.3 is 24.0 Å². The molecule has 2 heteroatoms. The normalized spacial score (nSPS) is 6.86. The van der Waals surface area contributed by atoms with E-state index >= 15 is 0 Å². The van der Waals surface area contributed by atoms with Crippen molar-refractivity contribution < 1.29 is 24.0 Å². The monoisotopic (exact) mass is 402 g/mol. The molecule has 2 aromatic rings. The molecule has 5 radical (unpaired) electrons. The molecule has 0 amide bonds. The van der Waals surface area contributed by atoms with Gasteiger partial charge in [0, 0.05) is 24.4 Å². The number of hydrogen-bond donors (Lipinski definition) is 0. The summed E-state index contributed by atoms with van der Waals surface area (Å²) in [6.07, 6.45) is 0. The molecule has 0 aromatic heterocycles. The fourth-order valence-electron chi connectivity index (χ4n) is 0.684. The summed E-state index contributed by atoms with van der Waals surface area (Å²) < 4.78 is 0. The third-order valence-electron chi connectivity index (χ3n) is 1.21. The first-order valence-corrected chi connectivity index (χ1v) is 3.82. The van der Waals surface area contributed by atoms with Gasteiger partial charge >= 0.3 is 0 Å². The van der Waals surface area contributed by atoms with Crippen LogP contribution in [0.5, 0.6) is 0 Å². The molecule has 0 unspecified atom stereocenters. The molecule has 0 N–H and O–H groups in total. The van der Waals surface area contributed by atoms with E-state index in [2.05, 4.69) is 12.1 Å². The van der Waals surface area contributed by atoms with Gasteiger partial charge in [-0.05, 0) is 12.1 Å². The zero-order chi connectivity index (χ0) is 8.49. The molecule has 14 heavy (non-hydrogen) atoms. The van der Waals surface area contributed by atoms with Gasteiger partial charge in [0.15, 0.2) is 0 Å². The van der Waals surface area contributed by atoms with E-state index in [0.717, 1.165) is 0 Å². The Morgan fingerprint density at radius 1 is 0.500 bits per heavy atom. The minimum Gasteiger partial charge on any atom is -1.00 e. The smallest absolute Gasteiger partial charge is 0 e. The zero-order valence-electron chi connectivity index (χ0n) is 7.60. The van der Waals surface area contributed by atoms with E-state index < -0.39 is 0 Å². The number of hydrogen-bond acceptors (Lipinski definition) is 0. The van der Waals surface area contributed by atoms with Crippen LogP contribution in [0.1, 0.15) is 0 Å². The van der Waals surface area contributed by atoms with E-state index in [4.69, 9.17) is 0 Å². The van der Waals surface area contributed by atoms with Crippen LogP contribution in [-0.2, 0) is 0 Å². The molecule has 2 rings (SSSR count). The van der Waals surface area contributed by atoms with Crippen molar-refractivity contribution in [1.29, 1.82) is 0 Å². The average Bonchev–Trinajstić information content (AvgIpc) is 2.24. The Kier molecular flexibility index (Phi) is 15.2. The summed E-state index contributed by atoms with van der Waals surface area (Å²) in [5.74, 6) is 0. The van der Waals surface area contributed by atoms with Crippen LogP contribution < -0.4 is 24.0 Å². The molecule has 0 atom stereocenters. The molecule has 0 spiro atoms. The van der Waals surface area contributed by atoms with Crippen LogP contribution in [0, 0.1) is 12.1 Å². The number of halogens is 1. The Hall–Kier alpha value is -0.0118. The summed E-state index contributed by atoms with van der Waals surface area (Å²) in [5, 5.41) is 0. The van der Waals surface area contributed by atoms with Crippen molar-refractivity contribution in [3.05, 3.63) is 72.8 Å². The fraction of sp³-hybridized carbons (Fsp3) is 0. The third-order valence-corrected chi connectivity index (χ3v) is 1.21. The molecule has 2 aromatic carbocycles. The van der Waals surface area contributed by atoms with Crippen molar-refractivity contribution in [2.24, 2.45) is 0 Å². The maximum absolute atomic E-state index is 2.89. The van der Waals surface area contributed by atoms with E-state index in [1.165, 1.54) is 0 Å². The Bertz CT molecular complexity index is 186. The molecule has 71 valence electrons.